The molecule has 0 amide bonds. The van der Waals surface area contributed by atoms with Gasteiger partial charge in [-0.05, 0) is 37.0 Å². The molecule has 0 N–H and O–H groups in total. The third-order valence-corrected chi connectivity index (χ3v) is 5.76. The Morgan fingerprint density at radius 2 is 1.68 bits per heavy atom. The van der Waals surface area contributed by atoms with E-state index in [2.05, 4.69) is 11.0 Å². The van der Waals surface area contributed by atoms with Gasteiger partial charge in [-0.3, -0.25) is 4.90 Å². The molecular formula is C25H27NO5. The molecule has 1 fully saturated rings. The van der Waals surface area contributed by atoms with Gasteiger partial charge in [-0.25, -0.2) is 9.59 Å². The number of fused-ring (bicyclic) bond motifs is 3. The van der Waals surface area contributed by atoms with E-state index in [1.807, 2.05) is 60.7 Å². The van der Waals surface area contributed by atoms with Gasteiger partial charge in [0.25, 0.3) is 5.60 Å². The summed E-state index contributed by atoms with van der Waals surface area (Å²) in [5.74, 6) is -1.44. The Morgan fingerprint density at radius 1 is 1.03 bits per heavy atom. The molecule has 162 valence electrons. The van der Waals surface area contributed by atoms with E-state index in [1.54, 1.807) is 13.8 Å². The highest BCUT2D eigenvalue weighted by Crippen LogP contribution is 2.46. The van der Waals surface area contributed by atoms with Crippen LogP contribution in [0.2, 0.25) is 0 Å². The van der Waals surface area contributed by atoms with Crippen molar-refractivity contribution in [3.63, 3.8) is 0 Å². The summed E-state index contributed by atoms with van der Waals surface area (Å²) in [7, 11) is 0. The Kier molecular flexibility index (Phi) is 6.20. The zero-order chi connectivity index (χ0) is 21.8. The number of hydrogen-bond acceptors (Lipinski definition) is 6. The lowest BCUT2D eigenvalue weighted by Gasteiger charge is -2.33. The summed E-state index contributed by atoms with van der Waals surface area (Å²) < 4.78 is 17.0. The molecule has 0 spiro atoms. The molecular weight excluding hydrogens is 394 g/mol. The average Bonchev–Trinajstić information content (AvgIpc) is 3.14. The van der Waals surface area contributed by atoms with Crippen LogP contribution in [0.15, 0.2) is 60.7 Å². The first kappa shape index (κ1) is 21.3. The van der Waals surface area contributed by atoms with Gasteiger partial charge in [-0.2, -0.15) is 0 Å². The van der Waals surface area contributed by atoms with Crippen LogP contribution in [0.4, 0.5) is 0 Å². The zero-order valence-electron chi connectivity index (χ0n) is 17.8. The van der Waals surface area contributed by atoms with E-state index in [0.29, 0.717) is 6.54 Å². The minimum absolute atomic E-state index is 0.139. The number of carbonyl (C=O) groups excluding carboxylic acids is 2. The molecule has 2 aromatic rings. The van der Waals surface area contributed by atoms with E-state index in [9.17, 15) is 9.59 Å². The first-order valence-corrected chi connectivity index (χ1v) is 10.7. The zero-order valence-corrected chi connectivity index (χ0v) is 17.8. The molecule has 0 bridgehead atoms. The van der Waals surface area contributed by atoms with Crippen LogP contribution >= 0.6 is 0 Å². The topological polar surface area (TPSA) is 65.1 Å². The van der Waals surface area contributed by atoms with E-state index in [-0.39, 0.29) is 13.2 Å². The number of carbonyl (C=O) groups is 2. The lowest BCUT2D eigenvalue weighted by Crippen LogP contribution is -2.57. The van der Waals surface area contributed by atoms with Crippen molar-refractivity contribution < 1.29 is 23.8 Å². The molecule has 6 heteroatoms. The number of rotatable bonds is 6. The van der Waals surface area contributed by atoms with Gasteiger partial charge in [-0.15, -0.1) is 0 Å². The second kappa shape index (κ2) is 9.04. The third-order valence-electron chi connectivity index (χ3n) is 5.76. The summed E-state index contributed by atoms with van der Waals surface area (Å²) in [6.45, 7) is 4.35. The smallest absolute Gasteiger partial charge is 0.352 e. The summed E-state index contributed by atoms with van der Waals surface area (Å²) >= 11 is 0. The third kappa shape index (κ3) is 3.77. The van der Waals surface area contributed by atoms with Crippen LogP contribution in [0.1, 0.15) is 36.8 Å². The van der Waals surface area contributed by atoms with E-state index in [1.165, 1.54) is 0 Å². The van der Waals surface area contributed by atoms with Crippen molar-refractivity contribution in [3.05, 3.63) is 77.4 Å². The highest BCUT2D eigenvalue weighted by molar-refractivity contribution is 6.05. The highest BCUT2D eigenvalue weighted by Gasteiger charge is 2.65. The number of esters is 2. The molecule has 2 heterocycles. The lowest BCUT2D eigenvalue weighted by atomic mass is 9.91. The molecule has 0 aromatic heterocycles. The first-order chi connectivity index (χ1) is 15.1. The van der Waals surface area contributed by atoms with Gasteiger partial charge in [0.05, 0.1) is 19.3 Å². The number of nitrogens with zero attached hydrogens (tertiary/aromatic N) is 1. The monoisotopic (exact) mass is 421 g/mol. The quantitative estimate of drug-likeness (QED) is 0.525. The number of ether oxygens (including phenoxy) is 3. The first-order valence-electron chi connectivity index (χ1n) is 10.7. The molecule has 0 unspecified atom stereocenters. The Balaban J connectivity index is 1.82. The van der Waals surface area contributed by atoms with E-state index < -0.39 is 29.8 Å². The Morgan fingerprint density at radius 3 is 2.35 bits per heavy atom. The van der Waals surface area contributed by atoms with Gasteiger partial charge in [0.15, 0.2) is 0 Å². The summed E-state index contributed by atoms with van der Waals surface area (Å²) in [6.07, 6.45) is 4.03. The van der Waals surface area contributed by atoms with E-state index >= 15 is 0 Å². The highest BCUT2D eigenvalue weighted by atomic mass is 16.6. The van der Waals surface area contributed by atoms with Gasteiger partial charge in [-0.1, -0.05) is 66.7 Å². The van der Waals surface area contributed by atoms with Crippen LogP contribution in [-0.4, -0.2) is 48.2 Å². The largest absolute Gasteiger partial charge is 0.463 e. The van der Waals surface area contributed by atoms with Crippen molar-refractivity contribution in [2.75, 3.05) is 19.8 Å². The van der Waals surface area contributed by atoms with Crippen molar-refractivity contribution in [1.82, 2.24) is 4.90 Å². The van der Waals surface area contributed by atoms with Crippen molar-refractivity contribution in [3.8, 4) is 0 Å². The summed E-state index contributed by atoms with van der Waals surface area (Å²) in [5.41, 5.74) is 1.18. The van der Waals surface area contributed by atoms with Gasteiger partial charge in [0, 0.05) is 6.54 Å². The molecule has 4 rings (SSSR count). The Labute approximate surface area is 182 Å². The SMILES string of the molecule is CCOC(=O)C1(C(=O)OCC)O[C@@H]2c3ccccc3CCN2[C@H]1/C=C/c1ccccc1. The number of benzene rings is 2. The van der Waals surface area contributed by atoms with Crippen LogP contribution < -0.4 is 0 Å². The normalized spacial score (nSPS) is 22.0. The molecule has 2 aromatic carbocycles. The van der Waals surface area contributed by atoms with Gasteiger partial charge < -0.3 is 14.2 Å². The van der Waals surface area contributed by atoms with E-state index in [4.69, 9.17) is 14.2 Å². The van der Waals surface area contributed by atoms with Crippen molar-refractivity contribution >= 4 is 18.0 Å². The maximum atomic E-state index is 13.3. The molecule has 1 saturated heterocycles. The van der Waals surface area contributed by atoms with Crippen molar-refractivity contribution in [2.45, 2.75) is 38.1 Å². The van der Waals surface area contributed by atoms with Crippen LogP contribution in [0.3, 0.4) is 0 Å². The van der Waals surface area contributed by atoms with Crippen LogP contribution in [0.5, 0.6) is 0 Å². The summed E-state index contributed by atoms with van der Waals surface area (Å²) in [4.78, 5) is 28.6. The molecule has 6 nitrogen and oxygen atoms in total. The Hall–Kier alpha value is -2.96. The lowest BCUT2D eigenvalue weighted by molar-refractivity contribution is -0.189. The van der Waals surface area contributed by atoms with Crippen LogP contribution in [0.25, 0.3) is 6.08 Å². The maximum Gasteiger partial charge on any atom is 0.352 e. The van der Waals surface area contributed by atoms with Gasteiger partial charge in [0.2, 0.25) is 0 Å². The standard InChI is InChI=1S/C25H27NO5/c1-3-29-23(27)25(24(28)30-4-2)21(15-14-18-10-6-5-7-11-18)26-17-16-19-12-8-9-13-20(19)22(26)31-25/h5-15,21-22H,3-4,16-17H2,1-2H3/b15-14+/t21-,22+/m0/s1. The van der Waals surface area contributed by atoms with Crippen LogP contribution in [0, 0.1) is 0 Å². The number of hydrogen-bond donors (Lipinski definition) is 0. The van der Waals surface area contributed by atoms with Crippen LogP contribution in [-0.2, 0) is 30.2 Å². The molecule has 0 saturated carbocycles. The Bertz CT molecular complexity index is 953. The minimum atomic E-state index is -1.89. The summed E-state index contributed by atoms with van der Waals surface area (Å²) in [6, 6.07) is 17.0. The summed E-state index contributed by atoms with van der Waals surface area (Å²) in [5, 5.41) is 0. The second-order valence-corrected chi connectivity index (χ2v) is 7.55. The van der Waals surface area contributed by atoms with Gasteiger partial charge >= 0.3 is 11.9 Å². The van der Waals surface area contributed by atoms with Crippen molar-refractivity contribution in [2.24, 2.45) is 0 Å². The fraction of sp³-hybridized carbons (Fsp3) is 0.360. The molecule has 2 aliphatic heterocycles. The molecule has 2 aliphatic rings. The average molecular weight is 421 g/mol. The fourth-order valence-corrected chi connectivity index (χ4v) is 4.35. The molecule has 0 aliphatic carbocycles. The molecule has 31 heavy (non-hydrogen) atoms. The predicted octanol–water partition coefficient (Wildman–Crippen LogP) is 3.52. The minimum Gasteiger partial charge on any atom is -0.463 e. The molecule has 2 atom stereocenters. The van der Waals surface area contributed by atoms with E-state index in [0.717, 1.165) is 23.1 Å². The molecule has 0 radical (unpaired) electrons. The fourth-order valence-electron chi connectivity index (χ4n) is 4.35. The van der Waals surface area contributed by atoms with Gasteiger partial charge in [0.1, 0.15) is 6.23 Å². The van der Waals surface area contributed by atoms with Crippen molar-refractivity contribution in [1.29, 1.82) is 0 Å². The maximum absolute atomic E-state index is 13.3. The second-order valence-electron chi connectivity index (χ2n) is 7.55. The predicted molar refractivity (Wildman–Crippen MR) is 116 cm³/mol.